The van der Waals surface area contributed by atoms with E-state index >= 15 is 0 Å². The van der Waals surface area contributed by atoms with Gasteiger partial charge in [0.25, 0.3) is 0 Å². The van der Waals surface area contributed by atoms with E-state index in [0.29, 0.717) is 0 Å². The van der Waals surface area contributed by atoms with Crippen LogP contribution in [0.4, 0.5) is 0 Å². The number of benzene rings is 1. The summed E-state index contributed by atoms with van der Waals surface area (Å²) in [5, 5.41) is 4.06. The highest BCUT2D eigenvalue weighted by atomic mass is 16.1. The molecule has 3 heteroatoms. The van der Waals surface area contributed by atoms with Crippen LogP contribution in [0.1, 0.15) is 24.1 Å². The van der Waals surface area contributed by atoms with Crippen LogP contribution in [0.3, 0.4) is 0 Å². The van der Waals surface area contributed by atoms with Gasteiger partial charge in [-0.3, -0.25) is 5.43 Å². The molecule has 1 aliphatic heterocycles. The van der Waals surface area contributed by atoms with Gasteiger partial charge in [0, 0.05) is 5.56 Å². The molecule has 0 bridgehead atoms. The summed E-state index contributed by atoms with van der Waals surface area (Å²) < 4.78 is 0. The molecule has 0 fully saturated rings. The summed E-state index contributed by atoms with van der Waals surface area (Å²) in [6, 6.07) is 7.51. The summed E-state index contributed by atoms with van der Waals surface area (Å²) in [7, 11) is 0. The van der Waals surface area contributed by atoms with Gasteiger partial charge in [-0.05, 0) is 12.5 Å². The summed E-state index contributed by atoms with van der Waals surface area (Å²) >= 11 is 0. The van der Waals surface area contributed by atoms with E-state index in [-0.39, 0.29) is 6.04 Å². The van der Waals surface area contributed by atoms with Crippen LogP contribution in [0.15, 0.2) is 29.4 Å². The molecule has 0 radical (unpaired) electrons. The van der Waals surface area contributed by atoms with Crippen LogP contribution in [0.5, 0.6) is 0 Å². The maximum atomic E-state index is 10.7. The Labute approximate surface area is 76.5 Å². The first kappa shape index (κ1) is 7.98. The first-order valence-corrected chi connectivity index (χ1v) is 4.17. The Morgan fingerprint density at radius 3 is 3.00 bits per heavy atom. The molecule has 0 aromatic heterocycles. The largest absolute Gasteiger partial charge is 0.301 e. The third-order valence-electron chi connectivity index (χ3n) is 2.19. The van der Waals surface area contributed by atoms with Crippen molar-refractivity contribution in [3.8, 4) is 0 Å². The van der Waals surface area contributed by atoms with Crippen molar-refractivity contribution < 1.29 is 4.79 Å². The lowest BCUT2D eigenvalue weighted by Crippen LogP contribution is -2.25. The Kier molecular flexibility index (Phi) is 1.85. The van der Waals surface area contributed by atoms with Gasteiger partial charge in [-0.2, -0.15) is 5.10 Å². The average molecular weight is 174 g/mol. The maximum Gasteiger partial charge on any atom is 0.148 e. The number of carbonyl (C=O) groups excluding carboxylic acids is 1. The fourth-order valence-electron chi connectivity index (χ4n) is 1.50. The zero-order valence-electron chi connectivity index (χ0n) is 7.32. The van der Waals surface area contributed by atoms with Crippen LogP contribution in [0.2, 0.25) is 0 Å². The lowest BCUT2D eigenvalue weighted by atomic mass is 9.97. The smallest absolute Gasteiger partial charge is 0.148 e. The third kappa shape index (κ3) is 1.22. The van der Waals surface area contributed by atoms with Crippen molar-refractivity contribution in [2.75, 3.05) is 0 Å². The number of nitrogens with one attached hydrogen (secondary N) is 1. The number of hydrogen-bond acceptors (Lipinski definition) is 3. The van der Waals surface area contributed by atoms with Crippen molar-refractivity contribution >= 4 is 12.0 Å². The highest BCUT2D eigenvalue weighted by molar-refractivity contribution is 6.01. The molecule has 0 amide bonds. The number of fused-ring (bicyclic) bond motifs is 1. The minimum atomic E-state index is -0.292. The van der Waals surface area contributed by atoms with Crippen molar-refractivity contribution in [2.45, 2.75) is 13.0 Å². The summed E-state index contributed by atoms with van der Waals surface area (Å²) in [6.07, 6.45) is 0.870. The molecule has 1 aromatic carbocycles. The zero-order chi connectivity index (χ0) is 9.26. The van der Waals surface area contributed by atoms with E-state index in [1.165, 1.54) is 0 Å². The molecular formula is C10H10N2O. The molecule has 2 rings (SSSR count). The number of rotatable bonds is 1. The van der Waals surface area contributed by atoms with Gasteiger partial charge >= 0.3 is 0 Å². The van der Waals surface area contributed by atoms with Crippen LogP contribution in [-0.4, -0.2) is 12.0 Å². The number of aldehydes is 1. The zero-order valence-corrected chi connectivity index (χ0v) is 7.32. The molecule has 1 aromatic rings. The van der Waals surface area contributed by atoms with E-state index in [0.717, 1.165) is 23.1 Å². The Bertz CT molecular complexity index is 371. The number of hydrazone groups is 1. The first-order chi connectivity index (χ1) is 6.33. The minimum Gasteiger partial charge on any atom is -0.301 e. The molecule has 13 heavy (non-hydrogen) atoms. The summed E-state index contributed by atoms with van der Waals surface area (Å²) in [5.41, 5.74) is 5.78. The molecular weight excluding hydrogens is 164 g/mol. The topological polar surface area (TPSA) is 41.5 Å². The second kappa shape index (κ2) is 3.01. The Hall–Kier alpha value is -1.64. The van der Waals surface area contributed by atoms with Gasteiger partial charge in [0.1, 0.15) is 12.3 Å². The Balaban J connectivity index is 2.56. The second-order valence-electron chi connectivity index (χ2n) is 3.03. The van der Waals surface area contributed by atoms with Gasteiger partial charge < -0.3 is 4.79 Å². The van der Waals surface area contributed by atoms with Gasteiger partial charge in [-0.25, -0.2) is 0 Å². The lowest BCUT2D eigenvalue weighted by molar-refractivity contribution is -0.109. The lowest BCUT2D eigenvalue weighted by Gasteiger charge is -2.20. The second-order valence-corrected chi connectivity index (χ2v) is 3.03. The molecule has 1 aliphatic rings. The third-order valence-corrected chi connectivity index (χ3v) is 2.19. The van der Waals surface area contributed by atoms with Crippen molar-refractivity contribution in [3.05, 3.63) is 35.4 Å². The van der Waals surface area contributed by atoms with Crippen LogP contribution < -0.4 is 5.43 Å². The molecule has 66 valence electrons. The molecule has 1 N–H and O–H groups in total. The maximum absolute atomic E-state index is 10.7. The van der Waals surface area contributed by atoms with E-state index in [1.54, 1.807) is 0 Å². The van der Waals surface area contributed by atoms with E-state index in [9.17, 15) is 4.79 Å². The fourth-order valence-corrected chi connectivity index (χ4v) is 1.50. The number of nitrogens with zero attached hydrogens (tertiary/aromatic N) is 1. The normalized spacial score (nSPS) is 19.8. The standard InChI is InChI=1S/C10H10N2O/c1-7-8-4-2-3-5-9(8)10(6-13)12-11-7/h2-6,10,12H,1H3. The fraction of sp³-hybridized carbons (Fsp3) is 0.200. The van der Waals surface area contributed by atoms with E-state index in [4.69, 9.17) is 0 Å². The number of carbonyl (C=O) groups is 1. The van der Waals surface area contributed by atoms with Crippen LogP contribution in [0, 0.1) is 0 Å². The molecule has 0 spiro atoms. The van der Waals surface area contributed by atoms with Gasteiger partial charge in [-0.15, -0.1) is 0 Å². The molecule has 1 unspecified atom stereocenters. The average Bonchev–Trinajstić information content (AvgIpc) is 2.19. The van der Waals surface area contributed by atoms with Crippen LogP contribution in [0.25, 0.3) is 0 Å². The molecule has 1 heterocycles. The number of hydrogen-bond donors (Lipinski definition) is 1. The van der Waals surface area contributed by atoms with Crippen LogP contribution in [-0.2, 0) is 4.79 Å². The molecule has 0 saturated carbocycles. The van der Waals surface area contributed by atoms with Crippen molar-refractivity contribution in [1.29, 1.82) is 0 Å². The highest BCUT2D eigenvalue weighted by Crippen LogP contribution is 2.20. The summed E-state index contributed by atoms with van der Waals surface area (Å²) in [4.78, 5) is 10.7. The van der Waals surface area contributed by atoms with Gasteiger partial charge in [0.05, 0.1) is 5.71 Å². The Morgan fingerprint density at radius 2 is 2.23 bits per heavy atom. The van der Waals surface area contributed by atoms with Crippen LogP contribution >= 0.6 is 0 Å². The first-order valence-electron chi connectivity index (χ1n) is 4.17. The minimum absolute atomic E-state index is 0.292. The van der Waals surface area contributed by atoms with Crippen molar-refractivity contribution in [1.82, 2.24) is 5.43 Å². The monoisotopic (exact) mass is 174 g/mol. The van der Waals surface area contributed by atoms with E-state index in [2.05, 4.69) is 10.5 Å². The summed E-state index contributed by atoms with van der Waals surface area (Å²) in [6.45, 7) is 1.92. The van der Waals surface area contributed by atoms with Gasteiger partial charge in [0.2, 0.25) is 0 Å². The van der Waals surface area contributed by atoms with E-state index in [1.807, 2.05) is 31.2 Å². The molecule has 0 saturated heterocycles. The Morgan fingerprint density at radius 1 is 1.46 bits per heavy atom. The van der Waals surface area contributed by atoms with Gasteiger partial charge in [0.15, 0.2) is 0 Å². The van der Waals surface area contributed by atoms with Crippen molar-refractivity contribution in [3.63, 3.8) is 0 Å². The molecule has 3 nitrogen and oxygen atoms in total. The predicted molar refractivity (Wildman–Crippen MR) is 50.6 cm³/mol. The van der Waals surface area contributed by atoms with E-state index < -0.39 is 0 Å². The highest BCUT2D eigenvalue weighted by Gasteiger charge is 2.18. The molecule has 0 aliphatic carbocycles. The molecule has 1 atom stereocenters. The van der Waals surface area contributed by atoms with Gasteiger partial charge in [-0.1, -0.05) is 24.3 Å². The SMILES string of the molecule is CC1=NNC(C=O)c2ccccc21. The van der Waals surface area contributed by atoms with Crippen molar-refractivity contribution in [2.24, 2.45) is 5.10 Å². The summed E-state index contributed by atoms with van der Waals surface area (Å²) in [5.74, 6) is 0. The predicted octanol–water partition coefficient (Wildman–Crippen LogP) is 1.25. The quantitative estimate of drug-likeness (QED) is 0.651.